The Bertz CT molecular complexity index is 474. The third kappa shape index (κ3) is 3.30. The number of rotatable bonds is 3. The van der Waals surface area contributed by atoms with E-state index in [0.29, 0.717) is 13.1 Å². The molecule has 6 heteroatoms. The normalized spacial score (nSPS) is 23.8. The van der Waals surface area contributed by atoms with Gasteiger partial charge in [-0.05, 0) is 44.5 Å². The van der Waals surface area contributed by atoms with Gasteiger partial charge in [-0.1, -0.05) is 0 Å². The van der Waals surface area contributed by atoms with Gasteiger partial charge in [-0.2, -0.15) is 13.2 Å². The first kappa shape index (κ1) is 15.3. The highest BCUT2D eigenvalue weighted by molar-refractivity contribution is 5.19. The molecule has 0 unspecified atom stereocenters. The van der Waals surface area contributed by atoms with Crippen LogP contribution in [0.15, 0.2) is 18.3 Å². The molecule has 1 aliphatic heterocycles. The van der Waals surface area contributed by atoms with Crippen LogP contribution < -0.4 is 0 Å². The Morgan fingerprint density at radius 2 is 2.15 bits per heavy atom. The van der Waals surface area contributed by atoms with Gasteiger partial charge in [0.1, 0.15) is 0 Å². The van der Waals surface area contributed by atoms with Gasteiger partial charge in [-0.3, -0.25) is 9.88 Å². The van der Waals surface area contributed by atoms with Crippen molar-refractivity contribution in [2.45, 2.75) is 38.0 Å². The lowest BCUT2D eigenvalue weighted by Gasteiger charge is -2.30. The van der Waals surface area contributed by atoms with Crippen molar-refractivity contribution < 1.29 is 18.3 Å². The predicted molar refractivity (Wildman–Crippen MR) is 69.5 cm³/mol. The molecule has 0 aliphatic carbocycles. The number of aliphatic hydroxyl groups is 1. The molecule has 2 rings (SSSR count). The topological polar surface area (TPSA) is 36.4 Å². The zero-order valence-electron chi connectivity index (χ0n) is 11.6. The molecule has 2 heterocycles. The molecular weight excluding hydrogens is 269 g/mol. The maximum Gasteiger partial charge on any atom is 0.418 e. The molecule has 3 nitrogen and oxygen atoms in total. The molecule has 1 aromatic rings. The molecule has 0 bridgehead atoms. The van der Waals surface area contributed by atoms with Gasteiger partial charge in [0.15, 0.2) is 5.60 Å². The Labute approximate surface area is 116 Å². The van der Waals surface area contributed by atoms with Gasteiger partial charge in [0.2, 0.25) is 0 Å². The number of likely N-dealkylation sites (tertiary alicyclic amines) is 1. The molecule has 0 amide bonds. The number of pyridine rings is 1. The molecule has 112 valence electrons. The number of nitrogens with zero attached hydrogens (tertiary/aromatic N) is 2. The predicted octanol–water partition coefficient (Wildman–Crippen LogP) is 2.49. The van der Waals surface area contributed by atoms with Crippen molar-refractivity contribution in [2.24, 2.45) is 0 Å². The average molecular weight is 288 g/mol. The number of halogens is 3. The molecule has 0 saturated carbocycles. The minimum absolute atomic E-state index is 0.138. The summed E-state index contributed by atoms with van der Waals surface area (Å²) in [4.78, 5) is 5.94. The Morgan fingerprint density at radius 1 is 1.45 bits per heavy atom. The molecular formula is C14H19F3N2O. The summed E-state index contributed by atoms with van der Waals surface area (Å²) in [6.07, 6.45) is -2.11. The van der Waals surface area contributed by atoms with Crippen LogP contribution in [-0.4, -0.2) is 46.4 Å². The molecule has 0 spiro atoms. The molecule has 20 heavy (non-hydrogen) atoms. The zero-order chi connectivity index (χ0) is 15.0. The SMILES string of the molecule is Cc1ccnc([C@@H]2CCN(C[C@@](C)(O)C(F)(F)F)C2)c1. The fourth-order valence-electron chi connectivity index (χ4n) is 2.53. The van der Waals surface area contributed by atoms with Crippen LogP contribution in [0.1, 0.15) is 30.5 Å². The van der Waals surface area contributed by atoms with E-state index in [1.54, 1.807) is 11.1 Å². The van der Waals surface area contributed by atoms with Crippen LogP contribution in [0.2, 0.25) is 0 Å². The second-order valence-electron chi connectivity index (χ2n) is 5.75. The maximum atomic E-state index is 12.7. The van der Waals surface area contributed by atoms with Crippen molar-refractivity contribution in [1.82, 2.24) is 9.88 Å². The van der Waals surface area contributed by atoms with Crippen LogP contribution >= 0.6 is 0 Å². The molecule has 1 N–H and O–H groups in total. The minimum Gasteiger partial charge on any atom is -0.380 e. The lowest BCUT2D eigenvalue weighted by Crippen LogP contribution is -2.50. The summed E-state index contributed by atoms with van der Waals surface area (Å²) in [7, 11) is 0. The number of alkyl halides is 3. The van der Waals surface area contributed by atoms with Crippen molar-refractivity contribution in [2.75, 3.05) is 19.6 Å². The first-order chi connectivity index (χ1) is 9.19. The number of hydrogen-bond acceptors (Lipinski definition) is 3. The van der Waals surface area contributed by atoms with E-state index in [0.717, 1.165) is 24.6 Å². The van der Waals surface area contributed by atoms with Crippen molar-refractivity contribution in [3.05, 3.63) is 29.6 Å². The second-order valence-corrected chi connectivity index (χ2v) is 5.75. The third-order valence-corrected chi connectivity index (χ3v) is 3.77. The van der Waals surface area contributed by atoms with Crippen LogP contribution in [0.3, 0.4) is 0 Å². The number of aryl methyl sites for hydroxylation is 1. The number of β-amino-alcohol motifs (C(OH)–C–C–N with tert-alkyl or cyclic N) is 1. The second kappa shape index (κ2) is 5.33. The lowest BCUT2D eigenvalue weighted by atomic mass is 10.0. The summed E-state index contributed by atoms with van der Waals surface area (Å²) in [5, 5.41) is 9.53. The largest absolute Gasteiger partial charge is 0.418 e. The Hall–Kier alpha value is -1.14. The first-order valence-electron chi connectivity index (χ1n) is 6.63. The summed E-state index contributed by atoms with van der Waals surface area (Å²) < 4.78 is 38.0. The Morgan fingerprint density at radius 3 is 2.75 bits per heavy atom. The highest BCUT2D eigenvalue weighted by Crippen LogP contribution is 2.33. The van der Waals surface area contributed by atoms with E-state index in [1.165, 1.54) is 0 Å². The third-order valence-electron chi connectivity index (χ3n) is 3.77. The van der Waals surface area contributed by atoms with Gasteiger partial charge in [0.25, 0.3) is 0 Å². The fraction of sp³-hybridized carbons (Fsp3) is 0.643. The highest BCUT2D eigenvalue weighted by Gasteiger charge is 2.51. The van der Waals surface area contributed by atoms with Crippen molar-refractivity contribution in [3.8, 4) is 0 Å². The van der Waals surface area contributed by atoms with Crippen LogP contribution in [0, 0.1) is 6.92 Å². The maximum absolute atomic E-state index is 12.7. The summed E-state index contributed by atoms with van der Waals surface area (Å²) in [6.45, 7) is 3.45. The average Bonchev–Trinajstić information content (AvgIpc) is 2.75. The van der Waals surface area contributed by atoms with Gasteiger partial charge in [-0.15, -0.1) is 0 Å². The van der Waals surface area contributed by atoms with Crippen LogP contribution in [0.25, 0.3) is 0 Å². The first-order valence-corrected chi connectivity index (χ1v) is 6.63. The summed E-state index contributed by atoms with van der Waals surface area (Å²) in [5.74, 6) is 0.138. The van der Waals surface area contributed by atoms with E-state index in [2.05, 4.69) is 4.98 Å². The fourth-order valence-corrected chi connectivity index (χ4v) is 2.53. The van der Waals surface area contributed by atoms with E-state index in [9.17, 15) is 18.3 Å². The van der Waals surface area contributed by atoms with Gasteiger partial charge in [-0.25, -0.2) is 0 Å². The minimum atomic E-state index is -4.60. The monoisotopic (exact) mass is 288 g/mol. The highest BCUT2D eigenvalue weighted by atomic mass is 19.4. The molecule has 1 aliphatic rings. The number of aromatic nitrogens is 1. The molecule has 1 aromatic heterocycles. The summed E-state index contributed by atoms with van der Waals surface area (Å²) in [5.41, 5.74) is -0.656. The molecule has 0 aromatic carbocycles. The molecule has 0 radical (unpaired) electrons. The van der Waals surface area contributed by atoms with Crippen LogP contribution in [-0.2, 0) is 0 Å². The van der Waals surface area contributed by atoms with E-state index in [1.807, 2.05) is 19.1 Å². The molecule has 1 saturated heterocycles. The van der Waals surface area contributed by atoms with E-state index in [-0.39, 0.29) is 5.92 Å². The van der Waals surface area contributed by atoms with Gasteiger partial charge in [0, 0.05) is 30.9 Å². The van der Waals surface area contributed by atoms with Gasteiger partial charge < -0.3 is 5.11 Å². The van der Waals surface area contributed by atoms with Crippen LogP contribution in [0.4, 0.5) is 13.2 Å². The van der Waals surface area contributed by atoms with Gasteiger partial charge in [0.05, 0.1) is 0 Å². The quantitative estimate of drug-likeness (QED) is 0.928. The van der Waals surface area contributed by atoms with Crippen molar-refractivity contribution in [1.29, 1.82) is 0 Å². The standard InChI is InChI=1S/C14H19F3N2O/c1-10-3-5-18-12(7-10)11-4-6-19(8-11)9-13(2,20)14(15,16)17/h3,5,7,11,20H,4,6,8-9H2,1-2H3/t11-,13-/m1/s1. The van der Waals surface area contributed by atoms with E-state index in [4.69, 9.17) is 0 Å². The van der Waals surface area contributed by atoms with Crippen molar-refractivity contribution in [3.63, 3.8) is 0 Å². The summed E-state index contributed by atoms with van der Waals surface area (Å²) >= 11 is 0. The zero-order valence-corrected chi connectivity index (χ0v) is 11.6. The van der Waals surface area contributed by atoms with Crippen molar-refractivity contribution >= 4 is 0 Å². The Kier molecular flexibility index (Phi) is 4.07. The molecule has 2 atom stereocenters. The van der Waals surface area contributed by atoms with Crippen LogP contribution in [0.5, 0.6) is 0 Å². The van der Waals surface area contributed by atoms with Gasteiger partial charge >= 0.3 is 6.18 Å². The smallest absolute Gasteiger partial charge is 0.380 e. The lowest BCUT2D eigenvalue weighted by molar-refractivity contribution is -0.256. The number of hydrogen-bond donors (Lipinski definition) is 1. The van der Waals surface area contributed by atoms with E-state index >= 15 is 0 Å². The molecule has 1 fully saturated rings. The Balaban J connectivity index is 2.00. The summed E-state index contributed by atoms with van der Waals surface area (Å²) in [6, 6.07) is 3.86. The van der Waals surface area contributed by atoms with E-state index < -0.39 is 18.3 Å².